The van der Waals surface area contributed by atoms with Crippen LogP contribution < -0.4 is 5.32 Å². The third kappa shape index (κ3) is 3.19. The van der Waals surface area contributed by atoms with Crippen LogP contribution in [0.15, 0.2) is 48.7 Å². The molecule has 1 aromatic heterocycles. The molecule has 0 aliphatic heterocycles. The fraction of sp³-hybridized carbons (Fsp3) is 0.312. The summed E-state index contributed by atoms with van der Waals surface area (Å²) in [7, 11) is 0. The van der Waals surface area contributed by atoms with Crippen molar-refractivity contribution in [2.24, 2.45) is 0 Å². The lowest BCUT2D eigenvalue weighted by atomic mass is 9.92. The topological polar surface area (TPSA) is 45.2 Å². The van der Waals surface area contributed by atoms with Crippen LogP contribution in [-0.2, 0) is 12.1 Å². The minimum Gasteiger partial charge on any atom is -0.394 e. The first-order valence-corrected chi connectivity index (χ1v) is 6.47. The third-order valence-corrected chi connectivity index (χ3v) is 3.49. The summed E-state index contributed by atoms with van der Waals surface area (Å²) in [6.45, 7) is 4.73. The molecule has 0 fully saturated rings. The number of hydrogen-bond donors (Lipinski definition) is 2. The van der Waals surface area contributed by atoms with E-state index in [-0.39, 0.29) is 6.61 Å². The molecule has 0 aliphatic rings. The number of aryl methyl sites for hydroxylation is 1. The normalized spacial score (nSPS) is 14.1. The minimum atomic E-state index is -0.453. The zero-order chi connectivity index (χ0) is 13.7. The molecule has 1 aromatic carbocycles. The zero-order valence-corrected chi connectivity index (χ0v) is 11.4. The first-order chi connectivity index (χ1) is 9.15. The van der Waals surface area contributed by atoms with E-state index in [1.54, 1.807) is 6.20 Å². The van der Waals surface area contributed by atoms with E-state index in [4.69, 9.17) is 0 Å². The number of aliphatic hydroxyl groups excluding tert-OH is 1. The molecule has 1 unspecified atom stereocenters. The van der Waals surface area contributed by atoms with Gasteiger partial charge in [0.2, 0.25) is 0 Å². The minimum absolute atomic E-state index is 0.0445. The maximum Gasteiger partial charge on any atom is 0.0652 e. The molecule has 2 rings (SSSR count). The SMILES string of the molecule is Cc1cccnc1CNC(C)(CO)c1ccccc1. The third-order valence-electron chi connectivity index (χ3n) is 3.49. The van der Waals surface area contributed by atoms with Gasteiger partial charge in [0, 0.05) is 12.7 Å². The second-order valence-corrected chi connectivity index (χ2v) is 4.98. The summed E-state index contributed by atoms with van der Waals surface area (Å²) in [6, 6.07) is 14.0. The molecule has 0 spiro atoms. The summed E-state index contributed by atoms with van der Waals surface area (Å²) < 4.78 is 0. The maximum atomic E-state index is 9.70. The molecule has 0 amide bonds. The van der Waals surface area contributed by atoms with Crippen LogP contribution in [0.25, 0.3) is 0 Å². The van der Waals surface area contributed by atoms with Gasteiger partial charge in [0.05, 0.1) is 17.8 Å². The van der Waals surface area contributed by atoms with E-state index >= 15 is 0 Å². The highest BCUT2D eigenvalue weighted by Crippen LogP contribution is 2.20. The maximum absolute atomic E-state index is 9.70. The number of benzene rings is 1. The molecule has 1 atom stereocenters. The van der Waals surface area contributed by atoms with Crippen LogP contribution in [0, 0.1) is 6.92 Å². The Hall–Kier alpha value is -1.71. The Morgan fingerprint density at radius 3 is 2.53 bits per heavy atom. The molecule has 2 N–H and O–H groups in total. The fourth-order valence-corrected chi connectivity index (χ4v) is 2.04. The average Bonchev–Trinajstić information content (AvgIpc) is 2.47. The van der Waals surface area contributed by atoms with E-state index in [0.717, 1.165) is 16.8 Å². The molecular weight excluding hydrogens is 236 g/mol. The number of aromatic nitrogens is 1. The number of hydrogen-bond acceptors (Lipinski definition) is 3. The van der Waals surface area contributed by atoms with E-state index in [1.807, 2.05) is 56.3 Å². The molecule has 0 saturated heterocycles. The lowest BCUT2D eigenvalue weighted by Gasteiger charge is -2.29. The van der Waals surface area contributed by atoms with Crippen LogP contribution in [0.2, 0.25) is 0 Å². The van der Waals surface area contributed by atoms with Gasteiger partial charge in [-0.1, -0.05) is 36.4 Å². The van der Waals surface area contributed by atoms with Crippen molar-refractivity contribution in [2.45, 2.75) is 25.9 Å². The Balaban J connectivity index is 2.14. The summed E-state index contributed by atoms with van der Waals surface area (Å²) in [5.74, 6) is 0. The number of nitrogens with zero attached hydrogens (tertiary/aromatic N) is 1. The van der Waals surface area contributed by atoms with Crippen molar-refractivity contribution in [3.63, 3.8) is 0 Å². The summed E-state index contributed by atoms with van der Waals surface area (Å²) in [5.41, 5.74) is 2.79. The molecule has 100 valence electrons. The quantitative estimate of drug-likeness (QED) is 0.863. The van der Waals surface area contributed by atoms with E-state index in [1.165, 1.54) is 0 Å². The van der Waals surface area contributed by atoms with Gasteiger partial charge in [-0.2, -0.15) is 0 Å². The second kappa shape index (κ2) is 5.95. The van der Waals surface area contributed by atoms with Crippen LogP contribution in [0.1, 0.15) is 23.7 Å². The van der Waals surface area contributed by atoms with Gasteiger partial charge in [-0.05, 0) is 31.0 Å². The Morgan fingerprint density at radius 2 is 1.89 bits per heavy atom. The van der Waals surface area contributed by atoms with Crippen molar-refractivity contribution in [3.8, 4) is 0 Å². The smallest absolute Gasteiger partial charge is 0.0652 e. The lowest BCUT2D eigenvalue weighted by Crippen LogP contribution is -2.42. The number of nitrogens with one attached hydrogen (secondary N) is 1. The van der Waals surface area contributed by atoms with Crippen LogP contribution in [0.4, 0.5) is 0 Å². The van der Waals surface area contributed by atoms with Gasteiger partial charge in [0.1, 0.15) is 0 Å². The number of aliphatic hydroxyl groups is 1. The molecule has 0 bridgehead atoms. The molecule has 19 heavy (non-hydrogen) atoms. The Labute approximate surface area is 114 Å². The molecule has 1 heterocycles. The van der Waals surface area contributed by atoms with Gasteiger partial charge >= 0.3 is 0 Å². The van der Waals surface area contributed by atoms with Crippen molar-refractivity contribution in [1.29, 1.82) is 0 Å². The van der Waals surface area contributed by atoms with Gasteiger partial charge in [-0.15, -0.1) is 0 Å². The Morgan fingerprint density at radius 1 is 1.16 bits per heavy atom. The molecule has 0 aliphatic carbocycles. The first-order valence-electron chi connectivity index (χ1n) is 6.47. The Kier molecular flexibility index (Phi) is 4.30. The second-order valence-electron chi connectivity index (χ2n) is 4.98. The average molecular weight is 256 g/mol. The van der Waals surface area contributed by atoms with Gasteiger partial charge in [0.15, 0.2) is 0 Å². The van der Waals surface area contributed by atoms with Crippen molar-refractivity contribution >= 4 is 0 Å². The summed E-state index contributed by atoms with van der Waals surface area (Å²) >= 11 is 0. The van der Waals surface area contributed by atoms with Gasteiger partial charge in [-0.25, -0.2) is 0 Å². The van der Waals surface area contributed by atoms with Crippen molar-refractivity contribution < 1.29 is 5.11 Å². The summed E-state index contributed by atoms with van der Waals surface area (Å²) in [6.07, 6.45) is 1.79. The fourth-order valence-electron chi connectivity index (χ4n) is 2.04. The summed E-state index contributed by atoms with van der Waals surface area (Å²) in [4.78, 5) is 4.37. The summed E-state index contributed by atoms with van der Waals surface area (Å²) in [5, 5.41) is 13.1. The largest absolute Gasteiger partial charge is 0.394 e. The highest BCUT2D eigenvalue weighted by Gasteiger charge is 2.25. The molecule has 2 aromatic rings. The van der Waals surface area contributed by atoms with Gasteiger partial charge in [0.25, 0.3) is 0 Å². The molecule has 3 nitrogen and oxygen atoms in total. The lowest BCUT2D eigenvalue weighted by molar-refractivity contribution is 0.173. The van der Waals surface area contributed by atoms with Crippen molar-refractivity contribution in [2.75, 3.05) is 6.61 Å². The highest BCUT2D eigenvalue weighted by atomic mass is 16.3. The van der Waals surface area contributed by atoms with E-state index in [0.29, 0.717) is 6.54 Å². The van der Waals surface area contributed by atoms with E-state index in [9.17, 15) is 5.11 Å². The predicted octanol–water partition coefficient (Wildman–Crippen LogP) is 2.39. The van der Waals surface area contributed by atoms with E-state index < -0.39 is 5.54 Å². The Bertz CT molecular complexity index is 527. The number of rotatable bonds is 5. The van der Waals surface area contributed by atoms with Crippen molar-refractivity contribution in [1.82, 2.24) is 10.3 Å². The molecule has 0 radical (unpaired) electrons. The predicted molar refractivity (Wildman–Crippen MR) is 76.7 cm³/mol. The standard InChI is InChI=1S/C16H20N2O/c1-13-7-6-10-17-15(13)11-18-16(2,12-19)14-8-4-3-5-9-14/h3-10,18-19H,11-12H2,1-2H3. The van der Waals surface area contributed by atoms with Crippen LogP contribution in [0.5, 0.6) is 0 Å². The molecule has 0 saturated carbocycles. The van der Waals surface area contributed by atoms with Gasteiger partial charge in [-0.3, -0.25) is 4.98 Å². The van der Waals surface area contributed by atoms with Crippen LogP contribution >= 0.6 is 0 Å². The van der Waals surface area contributed by atoms with Gasteiger partial charge < -0.3 is 10.4 Å². The molecular formula is C16H20N2O. The zero-order valence-electron chi connectivity index (χ0n) is 11.4. The van der Waals surface area contributed by atoms with Crippen LogP contribution in [0.3, 0.4) is 0 Å². The highest BCUT2D eigenvalue weighted by molar-refractivity contribution is 5.24. The first kappa shape index (κ1) is 13.7. The monoisotopic (exact) mass is 256 g/mol. The van der Waals surface area contributed by atoms with E-state index in [2.05, 4.69) is 10.3 Å². The number of pyridine rings is 1. The van der Waals surface area contributed by atoms with Crippen LogP contribution in [-0.4, -0.2) is 16.7 Å². The van der Waals surface area contributed by atoms with Crippen molar-refractivity contribution in [3.05, 3.63) is 65.5 Å². The molecule has 3 heteroatoms.